The molecule has 0 aliphatic carbocycles. The predicted molar refractivity (Wildman–Crippen MR) is 84.5 cm³/mol. The number of amides is 1. The van der Waals surface area contributed by atoms with E-state index in [0.29, 0.717) is 30.9 Å². The molecule has 0 radical (unpaired) electrons. The third-order valence-corrected chi connectivity index (χ3v) is 3.06. The summed E-state index contributed by atoms with van der Waals surface area (Å²) in [5, 5.41) is 3.19. The number of nitrogens with zero attached hydrogens (tertiary/aromatic N) is 1. The Balaban J connectivity index is 2.24. The topological polar surface area (TPSA) is 67.9 Å². The van der Waals surface area contributed by atoms with E-state index in [0.717, 1.165) is 5.69 Å². The standard InChI is InChI=1S/C16H22N2O4/c1-5-21-14(19)11-6-7-13-12(10-11)17-8-9-18(13)15(20)22-16(2,3)4/h6-7,10,17H,5,8-9H2,1-4H3. The number of carbonyl (C=O) groups excluding carboxylic acids is 2. The monoisotopic (exact) mass is 306 g/mol. The van der Waals surface area contributed by atoms with Gasteiger partial charge in [0.2, 0.25) is 0 Å². The average molecular weight is 306 g/mol. The Bertz CT molecular complexity index is 578. The molecule has 1 N–H and O–H groups in total. The summed E-state index contributed by atoms with van der Waals surface area (Å²) < 4.78 is 10.4. The number of rotatable bonds is 2. The van der Waals surface area contributed by atoms with Gasteiger partial charge in [0.25, 0.3) is 0 Å². The fourth-order valence-electron chi connectivity index (χ4n) is 2.18. The summed E-state index contributed by atoms with van der Waals surface area (Å²) in [6, 6.07) is 5.09. The normalized spacial score (nSPS) is 13.9. The SMILES string of the molecule is CCOC(=O)c1ccc2c(c1)NCCN2C(=O)OC(C)(C)C. The van der Waals surface area contributed by atoms with Gasteiger partial charge in [-0.3, -0.25) is 4.90 Å². The van der Waals surface area contributed by atoms with Crippen LogP contribution in [0.25, 0.3) is 0 Å². The maximum Gasteiger partial charge on any atom is 0.414 e. The first-order valence-corrected chi connectivity index (χ1v) is 7.37. The average Bonchev–Trinajstić information content (AvgIpc) is 2.44. The zero-order chi connectivity index (χ0) is 16.3. The van der Waals surface area contributed by atoms with E-state index in [1.165, 1.54) is 0 Å². The van der Waals surface area contributed by atoms with Crippen LogP contribution in [0.4, 0.5) is 16.2 Å². The lowest BCUT2D eigenvalue weighted by Gasteiger charge is -2.32. The Labute approximate surface area is 130 Å². The molecule has 1 amide bonds. The van der Waals surface area contributed by atoms with Gasteiger partial charge in [-0.05, 0) is 45.9 Å². The number of esters is 1. The van der Waals surface area contributed by atoms with E-state index in [2.05, 4.69) is 5.32 Å². The highest BCUT2D eigenvalue weighted by Gasteiger charge is 2.27. The number of hydrogen-bond acceptors (Lipinski definition) is 5. The fourth-order valence-corrected chi connectivity index (χ4v) is 2.18. The smallest absolute Gasteiger partial charge is 0.414 e. The van der Waals surface area contributed by atoms with Crippen molar-refractivity contribution in [3.8, 4) is 0 Å². The molecular formula is C16H22N2O4. The van der Waals surface area contributed by atoms with Gasteiger partial charge < -0.3 is 14.8 Å². The molecule has 0 unspecified atom stereocenters. The van der Waals surface area contributed by atoms with Gasteiger partial charge in [0.1, 0.15) is 5.60 Å². The largest absolute Gasteiger partial charge is 0.462 e. The molecule has 0 bridgehead atoms. The second-order valence-corrected chi connectivity index (χ2v) is 6.01. The van der Waals surface area contributed by atoms with E-state index in [1.807, 2.05) is 20.8 Å². The van der Waals surface area contributed by atoms with Crippen LogP contribution in [0.5, 0.6) is 0 Å². The van der Waals surface area contributed by atoms with Crippen LogP contribution in [0.3, 0.4) is 0 Å². The molecule has 1 aromatic rings. The number of carbonyl (C=O) groups is 2. The highest BCUT2D eigenvalue weighted by molar-refractivity contribution is 5.97. The lowest BCUT2D eigenvalue weighted by Crippen LogP contribution is -2.42. The van der Waals surface area contributed by atoms with E-state index < -0.39 is 5.60 Å². The highest BCUT2D eigenvalue weighted by Crippen LogP contribution is 2.31. The molecule has 6 nitrogen and oxygen atoms in total. The molecule has 1 heterocycles. The van der Waals surface area contributed by atoms with Crippen molar-refractivity contribution >= 4 is 23.4 Å². The molecule has 0 saturated heterocycles. The molecule has 120 valence electrons. The van der Waals surface area contributed by atoms with Crippen molar-refractivity contribution in [2.45, 2.75) is 33.3 Å². The zero-order valence-electron chi connectivity index (χ0n) is 13.4. The number of anilines is 2. The molecule has 1 aliphatic rings. The number of hydrogen-bond donors (Lipinski definition) is 1. The maximum atomic E-state index is 12.3. The molecular weight excluding hydrogens is 284 g/mol. The number of ether oxygens (including phenoxy) is 2. The van der Waals surface area contributed by atoms with E-state index in [4.69, 9.17) is 9.47 Å². The lowest BCUT2D eigenvalue weighted by molar-refractivity contribution is 0.0525. The molecule has 0 saturated carbocycles. The Morgan fingerprint density at radius 1 is 1.32 bits per heavy atom. The second-order valence-electron chi connectivity index (χ2n) is 6.01. The van der Waals surface area contributed by atoms with Crippen molar-refractivity contribution in [2.75, 3.05) is 29.9 Å². The Morgan fingerprint density at radius 3 is 2.68 bits per heavy atom. The first-order chi connectivity index (χ1) is 10.3. The Hall–Kier alpha value is -2.24. The van der Waals surface area contributed by atoms with Crippen molar-refractivity contribution < 1.29 is 19.1 Å². The van der Waals surface area contributed by atoms with Gasteiger partial charge in [-0.2, -0.15) is 0 Å². The quantitative estimate of drug-likeness (QED) is 0.851. The number of fused-ring (bicyclic) bond motifs is 1. The summed E-state index contributed by atoms with van der Waals surface area (Å²) in [6.45, 7) is 8.69. The van der Waals surface area contributed by atoms with Crippen LogP contribution in [0.2, 0.25) is 0 Å². The molecule has 22 heavy (non-hydrogen) atoms. The fraction of sp³-hybridized carbons (Fsp3) is 0.500. The van der Waals surface area contributed by atoms with Crippen molar-refractivity contribution in [1.29, 1.82) is 0 Å². The summed E-state index contributed by atoms with van der Waals surface area (Å²) in [7, 11) is 0. The number of benzene rings is 1. The lowest BCUT2D eigenvalue weighted by atomic mass is 10.1. The van der Waals surface area contributed by atoms with Crippen LogP contribution >= 0.6 is 0 Å². The minimum Gasteiger partial charge on any atom is -0.462 e. The highest BCUT2D eigenvalue weighted by atomic mass is 16.6. The second kappa shape index (κ2) is 6.25. The summed E-state index contributed by atoms with van der Waals surface area (Å²) in [5.74, 6) is -0.374. The van der Waals surface area contributed by atoms with E-state index >= 15 is 0 Å². The van der Waals surface area contributed by atoms with Crippen LogP contribution in [0.15, 0.2) is 18.2 Å². The Morgan fingerprint density at radius 2 is 2.05 bits per heavy atom. The van der Waals surface area contributed by atoms with E-state index in [1.54, 1.807) is 30.0 Å². The van der Waals surface area contributed by atoms with Crippen molar-refractivity contribution in [3.63, 3.8) is 0 Å². The minimum absolute atomic E-state index is 0.327. The van der Waals surface area contributed by atoms with Crippen molar-refractivity contribution in [3.05, 3.63) is 23.8 Å². The van der Waals surface area contributed by atoms with Gasteiger partial charge in [0.15, 0.2) is 0 Å². The van der Waals surface area contributed by atoms with E-state index in [9.17, 15) is 9.59 Å². The molecule has 0 atom stereocenters. The van der Waals surface area contributed by atoms with Gasteiger partial charge >= 0.3 is 12.1 Å². The van der Waals surface area contributed by atoms with Crippen LogP contribution in [0.1, 0.15) is 38.1 Å². The van der Waals surface area contributed by atoms with E-state index in [-0.39, 0.29) is 12.1 Å². The molecule has 0 fully saturated rings. The third kappa shape index (κ3) is 3.69. The van der Waals surface area contributed by atoms with Gasteiger partial charge in [-0.15, -0.1) is 0 Å². The molecule has 0 spiro atoms. The minimum atomic E-state index is -0.549. The van der Waals surface area contributed by atoms with Gasteiger partial charge in [-0.1, -0.05) is 0 Å². The molecule has 0 aromatic heterocycles. The van der Waals surface area contributed by atoms with Crippen molar-refractivity contribution in [2.24, 2.45) is 0 Å². The summed E-state index contributed by atoms with van der Waals surface area (Å²) in [6.07, 6.45) is -0.390. The predicted octanol–water partition coefficient (Wildman–Crippen LogP) is 3.03. The molecule has 1 aromatic carbocycles. The Kier molecular flexibility index (Phi) is 4.59. The summed E-state index contributed by atoms with van der Waals surface area (Å²) in [4.78, 5) is 25.6. The molecule has 6 heteroatoms. The van der Waals surface area contributed by atoms with Crippen LogP contribution in [-0.2, 0) is 9.47 Å². The van der Waals surface area contributed by atoms with Gasteiger partial charge in [0, 0.05) is 13.1 Å². The molecule has 1 aliphatic heterocycles. The van der Waals surface area contributed by atoms with Crippen LogP contribution in [0, 0.1) is 0 Å². The first kappa shape index (κ1) is 16.1. The van der Waals surface area contributed by atoms with Crippen LogP contribution in [-0.4, -0.2) is 37.4 Å². The third-order valence-electron chi connectivity index (χ3n) is 3.06. The number of nitrogens with one attached hydrogen (secondary N) is 1. The summed E-state index contributed by atoms with van der Waals surface area (Å²) in [5.41, 5.74) is 1.34. The van der Waals surface area contributed by atoms with Gasteiger partial charge in [0.05, 0.1) is 23.5 Å². The summed E-state index contributed by atoms with van der Waals surface area (Å²) >= 11 is 0. The zero-order valence-corrected chi connectivity index (χ0v) is 13.4. The van der Waals surface area contributed by atoms with Crippen LogP contribution < -0.4 is 10.2 Å². The van der Waals surface area contributed by atoms with Gasteiger partial charge in [-0.25, -0.2) is 9.59 Å². The van der Waals surface area contributed by atoms with Crippen molar-refractivity contribution in [1.82, 2.24) is 0 Å². The first-order valence-electron chi connectivity index (χ1n) is 7.37. The maximum absolute atomic E-state index is 12.3. The molecule has 2 rings (SSSR count).